The molecule has 7 nitrogen and oxygen atoms in total. The number of cyclic esters (lactones) is 1. The van der Waals surface area contributed by atoms with Gasteiger partial charge in [0.2, 0.25) is 0 Å². The number of carbonyl (C=O) groups excluding carboxylic acids is 3. The van der Waals surface area contributed by atoms with Crippen LogP contribution in [0.3, 0.4) is 0 Å². The highest BCUT2D eigenvalue weighted by atomic mass is 32.2. The highest BCUT2D eigenvalue weighted by Crippen LogP contribution is 2.70. The van der Waals surface area contributed by atoms with Gasteiger partial charge in [0.15, 0.2) is 10.9 Å². The van der Waals surface area contributed by atoms with Crippen LogP contribution in [0.2, 0.25) is 0 Å². The molecule has 3 saturated carbocycles. The van der Waals surface area contributed by atoms with E-state index in [-0.39, 0.29) is 59.8 Å². The summed E-state index contributed by atoms with van der Waals surface area (Å²) in [5, 5.41) is 20.6. The van der Waals surface area contributed by atoms with Crippen molar-refractivity contribution in [2.75, 3.05) is 6.61 Å². The van der Waals surface area contributed by atoms with Crippen LogP contribution >= 0.6 is 11.8 Å². The molecule has 1 aliphatic heterocycles. The lowest BCUT2D eigenvalue weighted by molar-refractivity contribution is -0.212. The van der Waals surface area contributed by atoms with Crippen molar-refractivity contribution in [3.63, 3.8) is 0 Å². The van der Waals surface area contributed by atoms with Crippen LogP contribution in [-0.4, -0.2) is 50.5 Å². The first-order chi connectivity index (χ1) is 15.1. The number of thioether (sulfide) groups is 1. The lowest BCUT2D eigenvalue weighted by atomic mass is 9.44. The van der Waals surface area contributed by atoms with Crippen molar-refractivity contribution in [1.29, 1.82) is 0 Å². The van der Waals surface area contributed by atoms with Crippen molar-refractivity contribution in [2.45, 2.75) is 75.6 Å². The molecule has 2 N–H and O–H groups in total. The minimum absolute atomic E-state index is 0.0327. The molecule has 4 aliphatic carbocycles. The van der Waals surface area contributed by atoms with E-state index in [4.69, 9.17) is 4.74 Å². The highest BCUT2D eigenvalue weighted by molar-refractivity contribution is 8.14. The second kappa shape index (κ2) is 7.42. The first-order valence-electron chi connectivity index (χ1n) is 11.7. The third-order valence-electron chi connectivity index (χ3n) is 9.39. The molecule has 5 aliphatic rings. The molecule has 2 bridgehead atoms. The smallest absolute Gasteiger partial charge is 0.315 e. The molecule has 1 saturated heterocycles. The van der Waals surface area contributed by atoms with Crippen LogP contribution in [0, 0.1) is 28.6 Å². The Bertz CT molecular complexity index is 927. The van der Waals surface area contributed by atoms with Gasteiger partial charge in [-0.15, -0.1) is 0 Å². The highest BCUT2D eigenvalue weighted by Gasteiger charge is 2.72. The number of hydrogen-bond acceptors (Lipinski definition) is 7. The molecule has 8 heteroatoms. The third-order valence-corrected chi connectivity index (χ3v) is 10.6. The molecular formula is C24H30O7S. The van der Waals surface area contributed by atoms with E-state index in [9.17, 15) is 29.4 Å². The van der Waals surface area contributed by atoms with Gasteiger partial charge in [-0.3, -0.25) is 19.2 Å². The first-order valence-corrected chi connectivity index (χ1v) is 12.5. The fourth-order valence-electron chi connectivity index (χ4n) is 8.25. The normalized spacial score (nSPS) is 44.6. The molecule has 0 aromatic carbocycles. The first kappa shape index (κ1) is 22.1. The number of carboxylic acids is 1. The molecule has 2 spiro atoms. The quantitative estimate of drug-likeness (QED) is 0.613. The van der Waals surface area contributed by atoms with Crippen molar-refractivity contribution in [3.8, 4) is 0 Å². The average Bonchev–Trinajstić information content (AvgIpc) is 3.03. The van der Waals surface area contributed by atoms with Crippen LogP contribution in [0.15, 0.2) is 11.6 Å². The number of carbonyl (C=O) groups is 4. The van der Waals surface area contributed by atoms with Gasteiger partial charge in [-0.05, 0) is 68.8 Å². The number of aliphatic carboxylic acids is 1. The fraction of sp³-hybridized carbons (Fsp3) is 0.750. The van der Waals surface area contributed by atoms with Gasteiger partial charge in [-0.2, -0.15) is 0 Å². The van der Waals surface area contributed by atoms with Gasteiger partial charge in [-0.1, -0.05) is 17.3 Å². The van der Waals surface area contributed by atoms with E-state index in [1.807, 2.05) is 0 Å². The summed E-state index contributed by atoms with van der Waals surface area (Å²) in [5.41, 5.74) is -1.92. The van der Waals surface area contributed by atoms with Crippen LogP contribution in [0.1, 0.15) is 64.7 Å². The van der Waals surface area contributed by atoms with Gasteiger partial charge in [0.25, 0.3) is 0 Å². The summed E-state index contributed by atoms with van der Waals surface area (Å²) in [6, 6.07) is 0. The Morgan fingerprint density at radius 3 is 2.66 bits per heavy atom. The van der Waals surface area contributed by atoms with Crippen LogP contribution in [0.25, 0.3) is 0 Å². The van der Waals surface area contributed by atoms with Crippen molar-refractivity contribution < 1.29 is 34.1 Å². The van der Waals surface area contributed by atoms with Gasteiger partial charge >= 0.3 is 11.9 Å². The number of fused-ring (bicyclic) bond motifs is 2. The molecule has 1 heterocycles. The number of ketones is 1. The summed E-state index contributed by atoms with van der Waals surface area (Å²) < 4.78 is 5.99. The summed E-state index contributed by atoms with van der Waals surface area (Å²) in [7, 11) is 0. The average molecular weight is 463 g/mol. The van der Waals surface area contributed by atoms with E-state index in [2.05, 4.69) is 0 Å². The van der Waals surface area contributed by atoms with Gasteiger partial charge in [-0.25, -0.2) is 0 Å². The molecule has 2 unspecified atom stereocenters. The molecule has 4 fully saturated rings. The maximum atomic E-state index is 13.7. The molecule has 174 valence electrons. The van der Waals surface area contributed by atoms with Crippen molar-refractivity contribution >= 4 is 34.6 Å². The predicted octanol–water partition coefficient (Wildman–Crippen LogP) is 2.89. The zero-order valence-corrected chi connectivity index (χ0v) is 19.1. The topological polar surface area (TPSA) is 118 Å². The summed E-state index contributed by atoms with van der Waals surface area (Å²) >= 11 is 1.21. The number of ether oxygens (including phenoxy) is 1. The molecular weight excluding hydrogens is 432 g/mol. The molecule has 32 heavy (non-hydrogen) atoms. The van der Waals surface area contributed by atoms with Gasteiger partial charge in [0.1, 0.15) is 6.61 Å². The second-order valence-corrected chi connectivity index (χ2v) is 11.8. The third kappa shape index (κ3) is 2.84. The molecule has 0 aromatic rings. The molecule has 0 radical (unpaired) electrons. The molecule has 0 amide bonds. The van der Waals surface area contributed by atoms with E-state index in [1.54, 1.807) is 6.08 Å². The lowest BCUT2D eigenvalue weighted by Crippen LogP contribution is -2.65. The Morgan fingerprint density at radius 2 is 1.94 bits per heavy atom. The molecule has 5 rings (SSSR count). The van der Waals surface area contributed by atoms with E-state index >= 15 is 0 Å². The van der Waals surface area contributed by atoms with Crippen LogP contribution < -0.4 is 0 Å². The minimum Gasteiger partial charge on any atom is -0.481 e. The van der Waals surface area contributed by atoms with E-state index in [0.29, 0.717) is 25.7 Å². The summed E-state index contributed by atoms with van der Waals surface area (Å²) in [6.45, 7) is 1.64. The standard InChI is InChI=1S/C24H30O7S/c1-13(25)32-19-11-15(26)10-14-2-3-16-17-5-9-24(21(29)31-12-23(14,17)19)18(16)4-7-22(24,30)8-6-20(27)28/h10,16-19,30H,2-9,11-12H2,1H3,(H,27,28)/t16-,17?,18+,19?,22-,23+,24+/m1/s1. The second-order valence-electron chi connectivity index (χ2n) is 10.4. The molecule has 7 atom stereocenters. The Labute approximate surface area is 191 Å². The SMILES string of the molecule is CC(=O)SC1CC(=O)C=C2CC[C@@H]3C4CC[C@@]5(C(=O)OC[C@@]214)[C@H]3CC[C@@]5(O)CCC(=O)O. The van der Waals surface area contributed by atoms with Gasteiger partial charge in [0.05, 0.1) is 11.0 Å². The maximum Gasteiger partial charge on any atom is 0.315 e. The number of carboxylic acid groups (broad SMARTS) is 1. The van der Waals surface area contributed by atoms with Crippen molar-refractivity contribution in [1.82, 2.24) is 0 Å². The fourth-order valence-corrected chi connectivity index (χ4v) is 9.50. The number of rotatable bonds is 4. The largest absolute Gasteiger partial charge is 0.481 e. The Hall–Kier alpha value is -1.67. The zero-order chi connectivity index (χ0) is 22.9. The zero-order valence-electron chi connectivity index (χ0n) is 18.3. The predicted molar refractivity (Wildman–Crippen MR) is 116 cm³/mol. The van der Waals surface area contributed by atoms with Crippen LogP contribution in [0.5, 0.6) is 0 Å². The molecule has 0 aromatic heterocycles. The Morgan fingerprint density at radius 1 is 1.19 bits per heavy atom. The monoisotopic (exact) mass is 462 g/mol. The Kier molecular flexibility index (Phi) is 5.13. The van der Waals surface area contributed by atoms with E-state index in [1.165, 1.54) is 18.7 Å². The van der Waals surface area contributed by atoms with Crippen LogP contribution in [0.4, 0.5) is 0 Å². The van der Waals surface area contributed by atoms with E-state index < -0.39 is 28.4 Å². The van der Waals surface area contributed by atoms with Gasteiger partial charge in [0, 0.05) is 30.4 Å². The summed E-state index contributed by atoms with van der Waals surface area (Å²) in [5.74, 6) is -1.05. The minimum atomic E-state index is -1.37. The van der Waals surface area contributed by atoms with Gasteiger partial charge < -0.3 is 14.9 Å². The number of hydrogen-bond donors (Lipinski definition) is 2. The maximum absolute atomic E-state index is 13.7. The summed E-state index contributed by atoms with van der Waals surface area (Å²) in [6.07, 6.45) is 5.72. The number of esters is 1. The lowest BCUT2D eigenvalue weighted by Gasteiger charge is -2.63. The van der Waals surface area contributed by atoms with Crippen molar-refractivity contribution in [3.05, 3.63) is 11.6 Å². The van der Waals surface area contributed by atoms with Crippen LogP contribution in [-0.2, 0) is 23.9 Å². The Balaban J connectivity index is 1.59. The van der Waals surface area contributed by atoms with Crippen molar-refractivity contribution in [2.24, 2.45) is 28.6 Å². The summed E-state index contributed by atoms with van der Waals surface area (Å²) in [4.78, 5) is 49.6. The number of aliphatic hydroxyl groups is 1. The van der Waals surface area contributed by atoms with E-state index in [0.717, 1.165) is 18.4 Å².